The first-order valence-corrected chi connectivity index (χ1v) is 7.70. The van der Waals surface area contributed by atoms with Gasteiger partial charge in [0, 0.05) is 5.56 Å². The van der Waals surface area contributed by atoms with Crippen LogP contribution in [0.1, 0.15) is 31.8 Å². The van der Waals surface area contributed by atoms with Gasteiger partial charge in [0.1, 0.15) is 6.54 Å². The van der Waals surface area contributed by atoms with Crippen LogP contribution >= 0.6 is 0 Å². The molecule has 1 unspecified atom stereocenters. The second-order valence-corrected chi connectivity index (χ2v) is 6.07. The highest BCUT2D eigenvalue weighted by atomic mass is 19.4. The molecule has 1 N–H and O–H groups in total. The molecule has 0 saturated carbocycles. The number of halogens is 3. The summed E-state index contributed by atoms with van der Waals surface area (Å²) in [7, 11) is 1.78. The van der Waals surface area contributed by atoms with Crippen LogP contribution in [0.2, 0.25) is 0 Å². The molecule has 0 bridgehead atoms. The van der Waals surface area contributed by atoms with E-state index in [0.717, 1.165) is 17.0 Å². The summed E-state index contributed by atoms with van der Waals surface area (Å²) in [6, 6.07) is 11.5. The third-order valence-corrected chi connectivity index (χ3v) is 4.09. The van der Waals surface area contributed by atoms with Crippen molar-refractivity contribution >= 4 is 11.8 Å². The van der Waals surface area contributed by atoms with Crippen molar-refractivity contribution in [3.8, 4) is 0 Å². The van der Waals surface area contributed by atoms with Gasteiger partial charge in [0.05, 0.1) is 23.7 Å². The summed E-state index contributed by atoms with van der Waals surface area (Å²) in [6.07, 6.45) is -4.36. The molecular weight excluding hydrogens is 333 g/mol. The molecule has 1 atom stereocenters. The molecule has 0 spiro atoms. The van der Waals surface area contributed by atoms with Gasteiger partial charge < -0.3 is 4.90 Å². The molecule has 0 aromatic heterocycles. The fraction of sp³-hybridized carbons (Fsp3) is 0.222. The summed E-state index contributed by atoms with van der Waals surface area (Å²) < 4.78 is 37.7. The molecule has 7 heteroatoms. The van der Waals surface area contributed by atoms with Crippen LogP contribution < -0.4 is 4.90 Å². The lowest BCUT2D eigenvalue weighted by atomic mass is 10.1. The number of benzene rings is 2. The lowest BCUT2D eigenvalue weighted by molar-refractivity contribution is -0.901. The fourth-order valence-electron chi connectivity index (χ4n) is 2.87. The number of alkyl halides is 3. The number of nitrogens with zero attached hydrogens (tertiary/aromatic N) is 1. The van der Waals surface area contributed by atoms with Gasteiger partial charge in [0.2, 0.25) is 0 Å². The number of amides is 2. The molecule has 0 radical (unpaired) electrons. The van der Waals surface area contributed by atoms with Gasteiger partial charge in [0.25, 0.3) is 11.8 Å². The highest BCUT2D eigenvalue weighted by Crippen LogP contribution is 2.29. The third kappa shape index (κ3) is 3.41. The minimum absolute atomic E-state index is 0.146. The number of hydrogen-bond acceptors (Lipinski definition) is 2. The van der Waals surface area contributed by atoms with Crippen molar-refractivity contribution in [2.75, 3.05) is 13.7 Å². The van der Waals surface area contributed by atoms with E-state index in [4.69, 9.17) is 0 Å². The summed E-state index contributed by atoms with van der Waals surface area (Å²) in [4.78, 5) is 26.6. The van der Waals surface area contributed by atoms with Crippen LogP contribution in [0.25, 0.3) is 0 Å². The minimum atomic E-state index is -4.36. The van der Waals surface area contributed by atoms with Gasteiger partial charge >= 0.3 is 6.18 Å². The van der Waals surface area contributed by atoms with E-state index < -0.39 is 11.7 Å². The van der Waals surface area contributed by atoms with Crippen LogP contribution in [0.5, 0.6) is 0 Å². The van der Waals surface area contributed by atoms with Gasteiger partial charge in [-0.15, -0.1) is 0 Å². The largest absolute Gasteiger partial charge is 0.416 e. The normalized spacial score (nSPS) is 15.4. The number of quaternary nitrogens is 1. The quantitative estimate of drug-likeness (QED) is 0.858. The summed E-state index contributed by atoms with van der Waals surface area (Å²) in [5.41, 5.74) is 0.765. The van der Waals surface area contributed by atoms with Crippen LogP contribution in [0.4, 0.5) is 13.2 Å². The highest BCUT2D eigenvalue weighted by Gasteiger charge is 2.37. The Hall–Kier alpha value is -2.67. The van der Waals surface area contributed by atoms with Crippen molar-refractivity contribution in [2.24, 2.45) is 0 Å². The maximum atomic E-state index is 12.6. The van der Waals surface area contributed by atoms with Crippen molar-refractivity contribution in [1.29, 1.82) is 0 Å². The highest BCUT2D eigenvalue weighted by molar-refractivity contribution is 6.21. The van der Waals surface area contributed by atoms with Gasteiger partial charge in [-0.1, -0.05) is 24.3 Å². The van der Waals surface area contributed by atoms with E-state index in [1.165, 1.54) is 17.0 Å². The molecule has 0 saturated heterocycles. The summed E-state index contributed by atoms with van der Waals surface area (Å²) in [5, 5.41) is 0. The van der Waals surface area contributed by atoms with Crippen LogP contribution in [-0.2, 0) is 12.7 Å². The number of carbonyl (C=O) groups excluding carboxylic acids is 2. The Morgan fingerprint density at radius 3 is 1.92 bits per heavy atom. The van der Waals surface area contributed by atoms with E-state index >= 15 is 0 Å². The predicted molar refractivity (Wildman–Crippen MR) is 83.8 cm³/mol. The Morgan fingerprint density at radius 2 is 1.44 bits per heavy atom. The molecule has 2 aromatic rings. The molecule has 0 fully saturated rings. The zero-order chi connectivity index (χ0) is 18.2. The van der Waals surface area contributed by atoms with E-state index in [1.54, 1.807) is 31.3 Å². The summed E-state index contributed by atoms with van der Waals surface area (Å²) in [6.45, 7) is 0.541. The number of fused-ring (bicyclic) bond motifs is 1. The van der Waals surface area contributed by atoms with Crippen LogP contribution in [0, 0.1) is 0 Å². The molecule has 2 aromatic carbocycles. The van der Waals surface area contributed by atoms with Crippen molar-refractivity contribution in [1.82, 2.24) is 4.90 Å². The molecule has 1 aliphatic rings. The van der Waals surface area contributed by atoms with Crippen LogP contribution in [0.3, 0.4) is 0 Å². The molecule has 25 heavy (non-hydrogen) atoms. The van der Waals surface area contributed by atoms with E-state index in [2.05, 4.69) is 0 Å². The Morgan fingerprint density at radius 1 is 0.920 bits per heavy atom. The Bertz CT molecular complexity index is 781. The first kappa shape index (κ1) is 17.2. The Balaban J connectivity index is 1.67. The number of carbonyl (C=O) groups is 2. The van der Waals surface area contributed by atoms with E-state index in [1.807, 2.05) is 0 Å². The minimum Gasteiger partial charge on any atom is -0.316 e. The van der Waals surface area contributed by atoms with Gasteiger partial charge in [-0.05, 0) is 24.3 Å². The second-order valence-electron chi connectivity index (χ2n) is 6.07. The zero-order valence-electron chi connectivity index (χ0n) is 13.4. The molecule has 2 amide bonds. The number of nitrogens with one attached hydrogen (secondary N) is 1. The first-order chi connectivity index (χ1) is 11.8. The monoisotopic (exact) mass is 349 g/mol. The molecule has 1 heterocycles. The third-order valence-electron chi connectivity index (χ3n) is 4.09. The smallest absolute Gasteiger partial charge is 0.316 e. The molecular formula is C18H16F3N2O2+. The Labute approximate surface area is 142 Å². The zero-order valence-corrected chi connectivity index (χ0v) is 13.4. The molecule has 4 nitrogen and oxygen atoms in total. The average molecular weight is 349 g/mol. The molecule has 1 aliphatic heterocycles. The van der Waals surface area contributed by atoms with Crippen LogP contribution in [-0.4, -0.2) is 30.4 Å². The van der Waals surface area contributed by atoms with E-state index in [-0.39, 0.29) is 18.5 Å². The van der Waals surface area contributed by atoms with E-state index in [9.17, 15) is 22.8 Å². The molecule has 130 valence electrons. The topological polar surface area (TPSA) is 41.8 Å². The standard InChI is InChI=1S/C18H15F3N2O2/c1-22(10-12-6-8-13(9-7-12)18(19,20)21)11-23-16(24)14-4-2-3-5-15(14)17(23)25/h2-9H,10-11H2,1H3/p+1. The van der Waals surface area contributed by atoms with Crippen molar-refractivity contribution in [3.05, 3.63) is 70.8 Å². The maximum absolute atomic E-state index is 12.6. The SMILES string of the molecule is C[NH+](Cc1ccc(C(F)(F)F)cc1)CN1C(=O)c2ccccc2C1=O. The lowest BCUT2D eigenvalue weighted by Crippen LogP contribution is -3.09. The van der Waals surface area contributed by atoms with Crippen LogP contribution in [0.15, 0.2) is 48.5 Å². The molecule has 0 aliphatic carbocycles. The van der Waals surface area contributed by atoms with Gasteiger partial charge in [-0.25, -0.2) is 4.90 Å². The van der Waals surface area contributed by atoms with Gasteiger partial charge in [-0.2, -0.15) is 13.2 Å². The number of imide groups is 1. The number of hydrogen-bond donors (Lipinski definition) is 1. The molecule has 3 rings (SSSR count). The number of rotatable bonds is 4. The van der Waals surface area contributed by atoms with Gasteiger partial charge in [0.15, 0.2) is 6.67 Å². The van der Waals surface area contributed by atoms with Crippen molar-refractivity contribution in [2.45, 2.75) is 12.7 Å². The summed E-state index contributed by atoms with van der Waals surface area (Å²) >= 11 is 0. The van der Waals surface area contributed by atoms with E-state index in [0.29, 0.717) is 23.2 Å². The average Bonchev–Trinajstić information content (AvgIpc) is 2.80. The Kier molecular flexibility index (Phi) is 4.34. The fourth-order valence-corrected chi connectivity index (χ4v) is 2.87. The van der Waals surface area contributed by atoms with Gasteiger partial charge in [-0.3, -0.25) is 9.59 Å². The summed E-state index contributed by atoms with van der Waals surface area (Å²) in [5.74, 6) is -0.681. The van der Waals surface area contributed by atoms with Crippen molar-refractivity contribution < 1.29 is 27.7 Å². The predicted octanol–water partition coefficient (Wildman–Crippen LogP) is 1.97. The van der Waals surface area contributed by atoms with Crippen molar-refractivity contribution in [3.63, 3.8) is 0 Å². The second kappa shape index (κ2) is 6.33. The maximum Gasteiger partial charge on any atom is 0.416 e. The first-order valence-electron chi connectivity index (χ1n) is 7.70. The lowest BCUT2D eigenvalue weighted by Gasteiger charge is -2.20.